The molecule has 0 aromatic carbocycles. The van der Waals surface area contributed by atoms with Crippen LogP contribution in [0.15, 0.2) is 84.4 Å². The summed E-state index contributed by atoms with van der Waals surface area (Å²) in [6, 6.07) is 14.8. The van der Waals surface area contributed by atoms with Gasteiger partial charge in [0.15, 0.2) is 9.84 Å². The summed E-state index contributed by atoms with van der Waals surface area (Å²) in [5.74, 6) is 1.19. The molecule has 0 atom stereocenters. The minimum atomic E-state index is -3.46. The number of nitrogens with one attached hydrogen (secondary N) is 2. The molecule has 0 bridgehead atoms. The smallest absolute Gasteiger partial charge is 0.253 e. The van der Waals surface area contributed by atoms with Gasteiger partial charge in [-0.25, -0.2) is 28.4 Å². The van der Waals surface area contributed by atoms with E-state index < -0.39 is 15.7 Å². The van der Waals surface area contributed by atoms with E-state index in [0.717, 1.165) is 47.5 Å². The summed E-state index contributed by atoms with van der Waals surface area (Å²) in [6.07, 6.45) is 11.1. The summed E-state index contributed by atoms with van der Waals surface area (Å²) in [7, 11) is -1.67. The summed E-state index contributed by atoms with van der Waals surface area (Å²) < 4.78 is 23.5. The van der Waals surface area contributed by atoms with E-state index in [-0.39, 0.29) is 18.4 Å². The number of carbonyl (C=O) groups excluding carboxylic acids is 1. The van der Waals surface area contributed by atoms with E-state index >= 15 is 0 Å². The SMILES string of the molecule is CNc1ncccn1.CS(=O)(=O)c1cncc(C(=O)NCc2cc3nc(-c4cccc(N5CCCC5)n4)ccc3cn2)c1.[HH]. The van der Waals surface area contributed by atoms with E-state index in [2.05, 4.69) is 35.5 Å². The predicted molar refractivity (Wildman–Crippen MR) is 166 cm³/mol. The Morgan fingerprint density at radius 2 is 1.70 bits per heavy atom. The van der Waals surface area contributed by atoms with Gasteiger partial charge in [-0.1, -0.05) is 6.07 Å². The molecule has 6 rings (SSSR count). The highest BCUT2D eigenvalue weighted by Gasteiger charge is 2.15. The van der Waals surface area contributed by atoms with Crippen LogP contribution in [0.3, 0.4) is 0 Å². The van der Waals surface area contributed by atoms with Gasteiger partial charge in [0.2, 0.25) is 5.95 Å². The highest BCUT2D eigenvalue weighted by molar-refractivity contribution is 7.90. The topological polar surface area (TPSA) is 156 Å². The van der Waals surface area contributed by atoms with Crippen LogP contribution in [0.2, 0.25) is 0 Å². The third-order valence-electron chi connectivity index (χ3n) is 6.68. The first-order valence-corrected chi connectivity index (χ1v) is 15.6. The summed E-state index contributed by atoms with van der Waals surface area (Å²) >= 11 is 0. The molecule has 6 heterocycles. The molecule has 0 spiro atoms. The Morgan fingerprint density at radius 1 is 0.930 bits per heavy atom. The Bertz CT molecular complexity index is 1840. The van der Waals surface area contributed by atoms with Gasteiger partial charge in [-0.3, -0.25) is 14.8 Å². The average molecular weight is 600 g/mol. The number of amides is 1. The van der Waals surface area contributed by atoms with Crippen molar-refractivity contribution in [1.82, 2.24) is 35.2 Å². The Hall–Kier alpha value is -5.04. The minimum absolute atomic E-state index is 0. The van der Waals surface area contributed by atoms with Crippen molar-refractivity contribution in [3.05, 3.63) is 90.8 Å². The molecule has 1 aliphatic heterocycles. The molecule has 0 unspecified atom stereocenters. The number of aromatic nitrogens is 6. The lowest BCUT2D eigenvalue weighted by molar-refractivity contribution is 0.0950. The third-order valence-corrected chi connectivity index (χ3v) is 7.76. The molecule has 12 nitrogen and oxygen atoms in total. The fraction of sp³-hybridized carbons (Fsp3) is 0.233. The maximum absolute atomic E-state index is 12.5. The molecule has 0 saturated carbocycles. The van der Waals surface area contributed by atoms with Crippen LogP contribution in [0.25, 0.3) is 22.3 Å². The molecule has 0 radical (unpaired) electrons. The standard InChI is InChI=1S/C25H24N6O3S.C5H7N3.H2/c1-35(33,34)20-11-18(13-26-16-20)25(32)28-15-19-12-23-17(14-27-19)7-8-22(29-23)21-5-4-6-24(30-21)31-9-2-3-10-31;1-6-5-7-3-2-4-8-5;/h4-8,11-14,16H,2-3,9-10,15H2,1H3,(H,28,32);2-4H,1H3,(H,6,7,8);1H. The van der Waals surface area contributed by atoms with Gasteiger partial charge in [-0.15, -0.1) is 0 Å². The van der Waals surface area contributed by atoms with Crippen LogP contribution < -0.4 is 15.5 Å². The van der Waals surface area contributed by atoms with Gasteiger partial charge in [0.05, 0.1) is 39.6 Å². The predicted octanol–water partition coefficient (Wildman–Crippen LogP) is 3.78. The summed E-state index contributed by atoms with van der Waals surface area (Å²) in [5, 5.41) is 6.45. The molecule has 1 fully saturated rings. The van der Waals surface area contributed by atoms with Gasteiger partial charge in [0.1, 0.15) is 5.82 Å². The second-order valence-electron chi connectivity index (χ2n) is 9.83. The van der Waals surface area contributed by atoms with Crippen LogP contribution in [-0.4, -0.2) is 70.6 Å². The first-order chi connectivity index (χ1) is 20.8. The monoisotopic (exact) mass is 599 g/mol. The highest BCUT2D eigenvalue weighted by atomic mass is 32.2. The maximum Gasteiger partial charge on any atom is 0.253 e. The van der Waals surface area contributed by atoms with Crippen molar-refractivity contribution in [3.63, 3.8) is 0 Å². The van der Waals surface area contributed by atoms with Crippen LogP contribution >= 0.6 is 0 Å². The molecular weight excluding hydrogens is 566 g/mol. The fourth-order valence-corrected chi connectivity index (χ4v) is 5.03. The number of hydrogen-bond acceptors (Lipinski definition) is 11. The number of carbonyl (C=O) groups is 1. The molecule has 1 aliphatic rings. The van der Waals surface area contributed by atoms with E-state index in [4.69, 9.17) is 9.97 Å². The van der Waals surface area contributed by atoms with Crippen LogP contribution in [0, 0.1) is 0 Å². The van der Waals surface area contributed by atoms with E-state index in [1.54, 1.807) is 31.7 Å². The number of rotatable bonds is 7. The van der Waals surface area contributed by atoms with Crippen molar-refractivity contribution in [3.8, 4) is 11.4 Å². The van der Waals surface area contributed by atoms with Crippen LogP contribution in [0.5, 0.6) is 0 Å². The summed E-state index contributed by atoms with van der Waals surface area (Å²) in [4.78, 5) is 40.4. The molecule has 2 N–H and O–H groups in total. The van der Waals surface area contributed by atoms with Crippen molar-refractivity contribution in [2.24, 2.45) is 0 Å². The van der Waals surface area contributed by atoms with Crippen molar-refractivity contribution >= 4 is 38.4 Å². The minimum Gasteiger partial charge on any atom is -0.357 e. The van der Waals surface area contributed by atoms with Gasteiger partial charge in [-0.05, 0) is 55.3 Å². The first kappa shape index (κ1) is 29.5. The van der Waals surface area contributed by atoms with Gasteiger partial charge in [-0.2, -0.15) is 0 Å². The van der Waals surface area contributed by atoms with Gasteiger partial charge >= 0.3 is 0 Å². The number of nitrogens with zero attached hydrogens (tertiary/aromatic N) is 7. The van der Waals surface area contributed by atoms with Crippen molar-refractivity contribution in [1.29, 1.82) is 0 Å². The number of pyridine rings is 4. The van der Waals surface area contributed by atoms with E-state index in [1.807, 2.05) is 36.4 Å². The molecular formula is C30H33N9O3S. The number of hydrogen-bond donors (Lipinski definition) is 2. The Balaban J connectivity index is 0.000000428. The number of anilines is 2. The molecule has 1 saturated heterocycles. The van der Waals surface area contributed by atoms with E-state index in [1.165, 1.54) is 31.3 Å². The summed E-state index contributed by atoms with van der Waals surface area (Å²) in [6.45, 7) is 2.21. The Kier molecular flexibility index (Phi) is 9.11. The van der Waals surface area contributed by atoms with Crippen molar-refractivity contribution < 1.29 is 14.6 Å². The average Bonchev–Trinajstić information content (AvgIpc) is 3.59. The largest absolute Gasteiger partial charge is 0.357 e. The second kappa shape index (κ2) is 13.3. The molecule has 13 heteroatoms. The van der Waals surface area contributed by atoms with Gasteiger partial charge in [0.25, 0.3) is 5.91 Å². The molecule has 5 aromatic rings. The first-order valence-electron chi connectivity index (χ1n) is 13.7. The van der Waals surface area contributed by atoms with Gasteiger partial charge in [0, 0.05) is 64.2 Å². The lowest BCUT2D eigenvalue weighted by atomic mass is 10.2. The fourth-order valence-electron chi connectivity index (χ4n) is 4.43. The van der Waals surface area contributed by atoms with E-state index in [9.17, 15) is 13.2 Å². The zero-order valence-corrected chi connectivity index (χ0v) is 24.6. The number of fused-ring (bicyclic) bond motifs is 1. The second-order valence-corrected chi connectivity index (χ2v) is 11.8. The molecule has 222 valence electrons. The lowest BCUT2D eigenvalue weighted by Crippen LogP contribution is -2.23. The zero-order valence-electron chi connectivity index (χ0n) is 23.8. The molecule has 1 amide bonds. The third kappa shape index (κ3) is 7.63. The molecule has 0 aliphatic carbocycles. The number of sulfone groups is 1. The Labute approximate surface area is 251 Å². The molecule has 5 aromatic heterocycles. The quantitative estimate of drug-likeness (QED) is 0.281. The van der Waals surface area contributed by atoms with Crippen LogP contribution in [0.4, 0.5) is 11.8 Å². The molecule has 43 heavy (non-hydrogen) atoms. The van der Waals surface area contributed by atoms with Gasteiger partial charge < -0.3 is 15.5 Å². The maximum atomic E-state index is 12.5. The summed E-state index contributed by atoms with van der Waals surface area (Å²) in [5.41, 5.74) is 3.11. The lowest BCUT2D eigenvalue weighted by Gasteiger charge is -2.16. The van der Waals surface area contributed by atoms with Crippen LogP contribution in [0.1, 0.15) is 30.3 Å². The van der Waals surface area contributed by atoms with Crippen molar-refractivity contribution in [2.45, 2.75) is 24.3 Å². The Morgan fingerprint density at radius 3 is 2.42 bits per heavy atom. The normalized spacial score (nSPS) is 12.8. The zero-order chi connectivity index (χ0) is 30.2. The highest BCUT2D eigenvalue weighted by Crippen LogP contribution is 2.24. The van der Waals surface area contributed by atoms with Crippen LogP contribution in [-0.2, 0) is 16.4 Å². The van der Waals surface area contributed by atoms with Crippen molar-refractivity contribution in [2.75, 3.05) is 36.6 Å². The van der Waals surface area contributed by atoms with E-state index in [0.29, 0.717) is 11.6 Å².